The molecule has 1 saturated carbocycles. The topological polar surface area (TPSA) is 29.3 Å². The van der Waals surface area contributed by atoms with Gasteiger partial charge in [0.1, 0.15) is 0 Å². The van der Waals surface area contributed by atoms with E-state index in [2.05, 4.69) is 39.5 Å². The molecule has 0 radical (unpaired) electrons. The Morgan fingerprint density at radius 3 is 2.24 bits per heavy atom. The summed E-state index contributed by atoms with van der Waals surface area (Å²) in [4.78, 5) is 2.80. The third-order valence-corrected chi connectivity index (χ3v) is 7.04. The van der Waals surface area contributed by atoms with Gasteiger partial charge in [-0.1, -0.05) is 34.1 Å². The van der Waals surface area contributed by atoms with Gasteiger partial charge in [-0.3, -0.25) is 4.90 Å². The van der Waals surface area contributed by atoms with Crippen molar-refractivity contribution in [2.45, 2.75) is 91.1 Å². The monoisotopic (exact) mass is 294 g/mol. The molecule has 2 aliphatic rings. The number of hydrogen-bond donors (Lipinski definition) is 1. The van der Waals surface area contributed by atoms with Crippen LogP contribution in [0.3, 0.4) is 0 Å². The molecule has 2 rings (SSSR count). The van der Waals surface area contributed by atoms with E-state index in [4.69, 9.17) is 5.73 Å². The van der Waals surface area contributed by atoms with Crippen LogP contribution in [-0.4, -0.2) is 29.6 Å². The van der Waals surface area contributed by atoms with Gasteiger partial charge >= 0.3 is 0 Å². The van der Waals surface area contributed by atoms with Crippen LogP contribution in [0.1, 0.15) is 79.6 Å². The molecule has 0 aromatic heterocycles. The van der Waals surface area contributed by atoms with Crippen LogP contribution in [0.5, 0.6) is 0 Å². The maximum atomic E-state index is 6.32. The first kappa shape index (κ1) is 17.3. The number of nitrogens with two attached hydrogens (primary N) is 1. The molecule has 124 valence electrons. The van der Waals surface area contributed by atoms with Crippen LogP contribution >= 0.6 is 0 Å². The van der Waals surface area contributed by atoms with Gasteiger partial charge < -0.3 is 5.73 Å². The summed E-state index contributed by atoms with van der Waals surface area (Å²) in [7, 11) is 0. The summed E-state index contributed by atoms with van der Waals surface area (Å²) < 4.78 is 0. The molecule has 2 fully saturated rings. The molecule has 2 unspecified atom stereocenters. The van der Waals surface area contributed by atoms with Gasteiger partial charge in [0.25, 0.3) is 0 Å². The lowest BCUT2D eigenvalue weighted by Crippen LogP contribution is -2.61. The molecule has 2 nitrogen and oxygen atoms in total. The molecule has 2 heteroatoms. The van der Waals surface area contributed by atoms with Crippen molar-refractivity contribution >= 4 is 0 Å². The first-order valence-electron chi connectivity index (χ1n) is 9.31. The van der Waals surface area contributed by atoms with E-state index in [0.29, 0.717) is 11.0 Å². The highest BCUT2D eigenvalue weighted by Crippen LogP contribution is 2.46. The van der Waals surface area contributed by atoms with Crippen molar-refractivity contribution in [1.82, 2.24) is 4.90 Å². The quantitative estimate of drug-likeness (QED) is 0.831. The van der Waals surface area contributed by atoms with E-state index < -0.39 is 0 Å². The SMILES string of the molecule is CCC(C)(C)C1CCC(CN)(N2CC(C)CCC2C)CC1. The maximum absolute atomic E-state index is 6.32. The van der Waals surface area contributed by atoms with Crippen molar-refractivity contribution in [2.75, 3.05) is 13.1 Å². The van der Waals surface area contributed by atoms with Crippen LogP contribution in [0.2, 0.25) is 0 Å². The highest BCUT2D eigenvalue weighted by Gasteiger charge is 2.44. The van der Waals surface area contributed by atoms with E-state index in [9.17, 15) is 0 Å². The molecule has 0 amide bonds. The number of rotatable bonds is 4. The molecular weight excluding hydrogens is 256 g/mol. The molecule has 0 aromatic rings. The lowest BCUT2D eigenvalue weighted by molar-refractivity contribution is -0.0331. The first-order valence-corrected chi connectivity index (χ1v) is 9.31. The third kappa shape index (κ3) is 3.47. The van der Waals surface area contributed by atoms with Crippen LogP contribution in [0.4, 0.5) is 0 Å². The van der Waals surface area contributed by atoms with Crippen LogP contribution in [-0.2, 0) is 0 Å². The number of piperidine rings is 1. The normalized spacial score (nSPS) is 39.4. The van der Waals surface area contributed by atoms with Gasteiger partial charge in [-0.25, -0.2) is 0 Å². The Morgan fingerprint density at radius 1 is 1.10 bits per heavy atom. The third-order valence-electron chi connectivity index (χ3n) is 7.04. The summed E-state index contributed by atoms with van der Waals surface area (Å²) in [5.74, 6) is 1.73. The minimum atomic E-state index is 0.300. The molecule has 21 heavy (non-hydrogen) atoms. The van der Waals surface area contributed by atoms with E-state index in [-0.39, 0.29) is 0 Å². The molecule has 0 spiro atoms. The maximum Gasteiger partial charge on any atom is 0.0334 e. The molecule has 1 heterocycles. The van der Waals surface area contributed by atoms with E-state index in [1.807, 2.05) is 0 Å². The van der Waals surface area contributed by atoms with Gasteiger partial charge in [0.05, 0.1) is 0 Å². The van der Waals surface area contributed by atoms with Crippen molar-refractivity contribution in [2.24, 2.45) is 23.0 Å². The van der Waals surface area contributed by atoms with Gasteiger partial charge in [-0.15, -0.1) is 0 Å². The summed E-state index contributed by atoms with van der Waals surface area (Å²) in [6, 6.07) is 0.723. The minimum Gasteiger partial charge on any atom is -0.329 e. The van der Waals surface area contributed by atoms with Gasteiger partial charge in [0.15, 0.2) is 0 Å². The van der Waals surface area contributed by atoms with Crippen LogP contribution in [0, 0.1) is 17.3 Å². The molecule has 2 N–H and O–H groups in total. The fourth-order valence-corrected chi connectivity index (χ4v) is 4.78. The van der Waals surface area contributed by atoms with Crippen molar-refractivity contribution in [3.63, 3.8) is 0 Å². The molecule has 1 aliphatic heterocycles. The molecule has 1 aliphatic carbocycles. The molecule has 0 aromatic carbocycles. The number of hydrogen-bond acceptors (Lipinski definition) is 2. The average Bonchev–Trinajstić information content (AvgIpc) is 2.49. The van der Waals surface area contributed by atoms with Crippen molar-refractivity contribution in [1.29, 1.82) is 0 Å². The van der Waals surface area contributed by atoms with Gasteiger partial charge in [0, 0.05) is 24.7 Å². The average molecular weight is 295 g/mol. The van der Waals surface area contributed by atoms with Gasteiger partial charge in [-0.2, -0.15) is 0 Å². The Morgan fingerprint density at radius 2 is 1.71 bits per heavy atom. The predicted molar refractivity (Wildman–Crippen MR) is 92.4 cm³/mol. The molecule has 2 atom stereocenters. The van der Waals surface area contributed by atoms with Crippen LogP contribution < -0.4 is 5.73 Å². The zero-order chi connectivity index (χ0) is 15.7. The van der Waals surface area contributed by atoms with E-state index in [0.717, 1.165) is 24.4 Å². The predicted octanol–water partition coefficient (Wildman–Crippen LogP) is 4.43. The Kier molecular flexibility index (Phi) is 5.41. The van der Waals surface area contributed by atoms with Crippen molar-refractivity contribution in [3.05, 3.63) is 0 Å². The second-order valence-corrected chi connectivity index (χ2v) is 8.73. The van der Waals surface area contributed by atoms with Crippen molar-refractivity contribution < 1.29 is 0 Å². The highest BCUT2D eigenvalue weighted by molar-refractivity contribution is 5.00. The molecule has 1 saturated heterocycles. The highest BCUT2D eigenvalue weighted by atomic mass is 15.2. The van der Waals surface area contributed by atoms with E-state index in [1.54, 1.807) is 0 Å². The van der Waals surface area contributed by atoms with Gasteiger partial charge in [0.2, 0.25) is 0 Å². The Hall–Kier alpha value is -0.0800. The first-order chi connectivity index (χ1) is 9.84. The fourth-order valence-electron chi connectivity index (χ4n) is 4.78. The van der Waals surface area contributed by atoms with Gasteiger partial charge in [-0.05, 0) is 62.7 Å². The lowest BCUT2D eigenvalue weighted by Gasteiger charge is -2.54. The standard InChI is InChI=1S/C19H38N2/c1-6-18(4,5)17-9-11-19(14-20,12-10-17)21-13-15(2)7-8-16(21)3/h15-17H,6-14,20H2,1-5H3. The summed E-state index contributed by atoms with van der Waals surface area (Å²) in [5, 5.41) is 0. The summed E-state index contributed by atoms with van der Waals surface area (Å²) in [6.45, 7) is 14.2. The largest absolute Gasteiger partial charge is 0.329 e. The van der Waals surface area contributed by atoms with Crippen molar-refractivity contribution in [3.8, 4) is 0 Å². The second-order valence-electron chi connectivity index (χ2n) is 8.73. The van der Waals surface area contributed by atoms with E-state index >= 15 is 0 Å². The zero-order valence-corrected chi connectivity index (χ0v) is 15.1. The fraction of sp³-hybridized carbons (Fsp3) is 1.00. The van der Waals surface area contributed by atoms with E-state index in [1.165, 1.54) is 51.5 Å². The molecule has 0 bridgehead atoms. The smallest absolute Gasteiger partial charge is 0.0334 e. The summed E-state index contributed by atoms with van der Waals surface area (Å²) >= 11 is 0. The second kappa shape index (κ2) is 6.58. The summed E-state index contributed by atoms with van der Waals surface area (Å²) in [5.41, 5.74) is 7.12. The Bertz CT molecular complexity index is 328. The Balaban J connectivity index is 2.07. The zero-order valence-electron chi connectivity index (χ0n) is 15.1. The Labute approximate surface area is 132 Å². The number of nitrogens with zero attached hydrogens (tertiary/aromatic N) is 1. The number of likely N-dealkylation sites (tertiary alicyclic amines) is 1. The lowest BCUT2D eigenvalue weighted by atomic mass is 9.64. The van der Waals surface area contributed by atoms with Crippen LogP contribution in [0.25, 0.3) is 0 Å². The molecular formula is C19H38N2. The summed E-state index contributed by atoms with van der Waals surface area (Å²) in [6.07, 6.45) is 9.41. The van der Waals surface area contributed by atoms with Crippen LogP contribution in [0.15, 0.2) is 0 Å². The minimum absolute atomic E-state index is 0.300.